The number of fused-ring (bicyclic) bond motifs is 1. The molecule has 1 aliphatic rings. The second-order valence-electron chi connectivity index (χ2n) is 6.59. The van der Waals surface area contributed by atoms with E-state index in [1.54, 1.807) is 36.7 Å². The van der Waals surface area contributed by atoms with Crippen molar-refractivity contribution in [3.8, 4) is 0 Å². The van der Waals surface area contributed by atoms with Crippen molar-refractivity contribution in [3.05, 3.63) is 63.7 Å². The SMILES string of the molecule is O=c1cc(CN2CCC(Nc3ncccn3)CC2)[nH]c2c(Cl)cccc12. The lowest BCUT2D eigenvalue weighted by molar-refractivity contribution is 0.209. The third kappa shape index (κ3) is 3.71. The van der Waals surface area contributed by atoms with Crippen molar-refractivity contribution in [1.82, 2.24) is 19.9 Å². The number of aromatic nitrogens is 3. The number of nitrogens with one attached hydrogen (secondary N) is 2. The van der Waals surface area contributed by atoms with E-state index in [2.05, 4.69) is 25.2 Å². The summed E-state index contributed by atoms with van der Waals surface area (Å²) in [7, 11) is 0. The van der Waals surface area contributed by atoms with Crippen LogP contribution in [0.3, 0.4) is 0 Å². The molecule has 134 valence electrons. The molecule has 0 radical (unpaired) electrons. The van der Waals surface area contributed by atoms with E-state index in [0.717, 1.165) is 37.1 Å². The van der Waals surface area contributed by atoms with E-state index in [1.165, 1.54) is 0 Å². The molecule has 0 bridgehead atoms. The van der Waals surface area contributed by atoms with E-state index in [-0.39, 0.29) is 5.43 Å². The molecule has 1 aliphatic heterocycles. The number of aromatic amines is 1. The zero-order chi connectivity index (χ0) is 17.9. The van der Waals surface area contributed by atoms with Crippen molar-refractivity contribution >= 4 is 28.5 Å². The monoisotopic (exact) mass is 369 g/mol. The van der Waals surface area contributed by atoms with Crippen molar-refractivity contribution in [1.29, 1.82) is 0 Å². The third-order valence-corrected chi connectivity index (χ3v) is 5.07. The molecule has 0 aliphatic carbocycles. The van der Waals surface area contributed by atoms with E-state index in [9.17, 15) is 4.79 Å². The average molecular weight is 370 g/mol. The Morgan fingerprint density at radius 2 is 1.96 bits per heavy atom. The lowest BCUT2D eigenvalue weighted by Crippen LogP contribution is -2.39. The Balaban J connectivity index is 1.41. The van der Waals surface area contributed by atoms with Crippen LogP contribution in [0, 0.1) is 0 Å². The van der Waals surface area contributed by atoms with Crippen molar-refractivity contribution in [2.75, 3.05) is 18.4 Å². The van der Waals surface area contributed by atoms with Crippen molar-refractivity contribution in [3.63, 3.8) is 0 Å². The smallest absolute Gasteiger partial charge is 0.222 e. The molecule has 0 amide bonds. The predicted molar refractivity (Wildman–Crippen MR) is 104 cm³/mol. The first kappa shape index (κ1) is 17.0. The highest BCUT2D eigenvalue weighted by Gasteiger charge is 2.20. The largest absolute Gasteiger partial charge is 0.356 e. The third-order valence-electron chi connectivity index (χ3n) is 4.75. The van der Waals surface area contributed by atoms with Gasteiger partial charge in [0.2, 0.25) is 5.95 Å². The van der Waals surface area contributed by atoms with Crippen molar-refractivity contribution in [2.45, 2.75) is 25.4 Å². The molecule has 1 fully saturated rings. The Morgan fingerprint density at radius 3 is 2.73 bits per heavy atom. The van der Waals surface area contributed by atoms with Gasteiger partial charge in [0, 0.05) is 55.2 Å². The van der Waals surface area contributed by atoms with Crippen LogP contribution >= 0.6 is 11.6 Å². The first-order valence-corrected chi connectivity index (χ1v) is 9.13. The van der Waals surface area contributed by atoms with Gasteiger partial charge in [0.05, 0.1) is 10.5 Å². The van der Waals surface area contributed by atoms with Gasteiger partial charge in [-0.3, -0.25) is 9.69 Å². The lowest BCUT2D eigenvalue weighted by atomic mass is 10.0. The molecule has 6 nitrogen and oxygen atoms in total. The Bertz CT molecular complexity index is 951. The summed E-state index contributed by atoms with van der Waals surface area (Å²) in [5.74, 6) is 0.680. The number of benzene rings is 1. The number of H-pyrrole nitrogens is 1. The highest BCUT2D eigenvalue weighted by atomic mass is 35.5. The molecular weight excluding hydrogens is 350 g/mol. The molecular formula is C19H20ClN5O. The maximum absolute atomic E-state index is 12.3. The number of hydrogen-bond acceptors (Lipinski definition) is 5. The topological polar surface area (TPSA) is 73.9 Å². The van der Waals surface area contributed by atoms with Crippen LogP contribution in [0.25, 0.3) is 10.9 Å². The quantitative estimate of drug-likeness (QED) is 0.739. The van der Waals surface area contributed by atoms with Gasteiger partial charge in [0.1, 0.15) is 0 Å². The number of pyridine rings is 1. The molecule has 2 N–H and O–H groups in total. The van der Waals surface area contributed by atoms with Gasteiger partial charge in [-0.15, -0.1) is 0 Å². The van der Waals surface area contributed by atoms with E-state index in [4.69, 9.17) is 11.6 Å². The molecule has 26 heavy (non-hydrogen) atoms. The molecule has 2 aromatic heterocycles. The summed E-state index contributed by atoms with van der Waals surface area (Å²) in [5, 5.41) is 4.59. The second kappa shape index (κ2) is 7.43. The molecule has 0 spiro atoms. The van der Waals surface area contributed by atoms with Gasteiger partial charge in [-0.25, -0.2) is 9.97 Å². The van der Waals surface area contributed by atoms with Gasteiger partial charge < -0.3 is 10.3 Å². The average Bonchev–Trinajstić information content (AvgIpc) is 2.65. The Kier molecular flexibility index (Phi) is 4.86. The second-order valence-corrected chi connectivity index (χ2v) is 7.00. The molecule has 1 saturated heterocycles. The fourth-order valence-electron chi connectivity index (χ4n) is 3.41. The van der Waals surface area contributed by atoms with Crippen LogP contribution in [-0.2, 0) is 6.54 Å². The van der Waals surface area contributed by atoms with Gasteiger partial charge in [0.25, 0.3) is 0 Å². The van der Waals surface area contributed by atoms with Gasteiger partial charge in [-0.05, 0) is 31.0 Å². The summed E-state index contributed by atoms with van der Waals surface area (Å²) in [6.07, 6.45) is 5.50. The standard InChI is InChI=1S/C19H20ClN5O/c20-16-4-1-3-15-17(26)11-14(23-18(15)16)12-25-9-5-13(6-10-25)24-19-21-7-2-8-22-19/h1-4,7-8,11,13H,5-6,9-10,12H2,(H,23,26)(H,21,22,24). The lowest BCUT2D eigenvalue weighted by Gasteiger charge is -2.32. The number of hydrogen-bond donors (Lipinski definition) is 2. The summed E-state index contributed by atoms with van der Waals surface area (Å²) >= 11 is 6.24. The normalized spacial score (nSPS) is 16.0. The minimum atomic E-state index is 0.00836. The molecule has 3 aromatic rings. The molecule has 4 rings (SSSR count). The van der Waals surface area contributed by atoms with Crippen LogP contribution < -0.4 is 10.7 Å². The summed E-state index contributed by atoms with van der Waals surface area (Å²) in [5.41, 5.74) is 1.62. The van der Waals surface area contributed by atoms with Gasteiger partial charge in [-0.1, -0.05) is 17.7 Å². The molecule has 1 aromatic carbocycles. The summed E-state index contributed by atoms with van der Waals surface area (Å²) in [4.78, 5) is 26.4. The van der Waals surface area contributed by atoms with E-state index >= 15 is 0 Å². The Morgan fingerprint density at radius 1 is 1.19 bits per heavy atom. The number of para-hydroxylation sites is 1. The first-order chi connectivity index (χ1) is 12.7. The van der Waals surface area contributed by atoms with Crippen molar-refractivity contribution in [2.24, 2.45) is 0 Å². The number of piperidine rings is 1. The van der Waals surface area contributed by atoms with Crippen LogP contribution in [0.1, 0.15) is 18.5 Å². The van der Waals surface area contributed by atoms with Crippen LogP contribution in [0.2, 0.25) is 5.02 Å². The van der Waals surface area contributed by atoms with Crippen molar-refractivity contribution < 1.29 is 0 Å². The number of halogens is 1. The van der Waals surface area contributed by atoms with Crippen LogP contribution in [0.4, 0.5) is 5.95 Å². The molecule has 0 atom stereocenters. The maximum Gasteiger partial charge on any atom is 0.222 e. The number of rotatable bonds is 4. The maximum atomic E-state index is 12.3. The predicted octanol–water partition coefficient (Wildman–Crippen LogP) is 3.05. The fraction of sp³-hybridized carbons (Fsp3) is 0.316. The Hall–Kier alpha value is -2.44. The van der Waals surface area contributed by atoms with E-state index in [1.807, 2.05) is 6.07 Å². The first-order valence-electron chi connectivity index (χ1n) is 8.75. The minimum Gasteiger partial charge on any atom is -0.356 e. The van der Waals surface area contributed by atoms with Gasteiger partial charge in [-0.2, -0.15) is 0 Å². The van der Waals surface area contributed by atoms with Gasteiger partial charge in [0.15, 0.2) is 5.43 Å². The van der Waals surface area contributed by atoms with Crippen LogP contribution in [-0.4, -0.2) is 39.0 Å². The Labute approximate surface area is 156 Å². The number of nitrogens with zero attached hydrogens (tertiary/aromatic N) is 3. The van der Waals surface area contributed by atoms with Crippen LogP contribution in [0.5, 0.6) is 0 Å². The summed E-state index contributed by atoms with van der Waals surface area (Å²) < 4.78 is 0. The fourth-order valence-corrected chi connectivity index (χ4v) is 3.63. The van der Waals surface area contributed by atoms with Crippen LogP contribution in [0.15, 0.2) is 47.5 Å². The van der Waals surface area contributed by atoms with E-state index < -0.39 is 0 Å². The highest BCUT2D eigenvalue weighted by Crippen LogP contribution is 2.20. The van der Waals surface area contributed by atoms with Gasteiger partial charge >= 0.3 is 0 Å². The highest BCUT2D eigenvalue weighted by molar-refractivity contribution is 6.35. The molecule has 0 saturated carbocycles. The summed E-state index contributed by atoms with van der Waals surface area (Å²) in [6.45, 7) is 2.62. The summed E-state index contributed by atoms with van der Waals surface area (Å²) in [6, 6.07) is 9.26. The number of likely N-dealkylation sites (tertiary alicyclic amines) is 1. The van der Waals surface area contributed by atoms with E-state index in [0.29, 0.717) is 28.9 Å². The zero-order valence-electron chi connectivity index (χ0n) is 14.3. The minimum absolute atomic E-state index is 0.00836. The molecule has 3 heterocycles. The molecule has 7 heteroatoms. The number of anilines is 1. The zero-order valence-corrected chi connectivity index (χ0v) is 15.0. The molecule has 0 unspecified atom stereocenters.